The SMILES string of the molecule is CCC(C)C(=O)C1(C(=O)O)CS[C@@H]2C(N)C(=O)N2C1. The zero-order chi connectivity index (χ0) is 14.4. The highest BCUT2D eigenvalue weighted by Crippen LogP contribution is 2.43. The summed E-state index contributed by atoms with van der Waals surface area (Å²) in [4.78, 5) is 37.1. The van der Waals surface area contributed by atoms with E-state index in [1.807, 2.05) is 6.92 Å². The summed E-state index contributed by atoms with van der Waals surface area (Å²) < 4.78 is 0. The number of carbonyl (C=O) groups is 3. The van der Waals surface area contributed by atoms with Crippen molar-refractivity contribution in [2.75, 3.05) is 12.3 Å². The van der Waals surface area contributed by atoms with Gasteiger partial charge < -0.3 is 15.7 Å². The predicted molar refractivity (Wildman–Crippen MR) is 70.5 cm³/mol. The molecular weight excluding hydrogens is 268 g/mol. The third-order valence-corrected chi connectivity index (χ3v) is 5.61. The zero-order valence-electron chi connectivity index (χ0n) is 11.0. The lowest BCUT2D eigenvalue weighted by Crippen LogP contribution is -2.73. The number of carbonyl (C=O) groups excluding carboxylic acids is 2. The van der Waals surface area contributed by atoms with Gasteiger partial charge in [-0.1, -0.05) is 13.8 Å². The summed E-state index contributed by atoms with van der Waals surface area (Å²) in [6.07, 6.45) is 0.593. The Morgan fingerprint density at radius 3 is 2.79 bits per heavy atom. The van der Waals surface area contributed by atoms with Crippen LogP contribution in [-0.2, 0) is 14.4 Å². The van der Waals surface area contributed by atoms with E-state index in [-0.39, 0.29) is 35.3 Å². The largest absolute Gasteiger partial charge is 0.480 e. The van der Waals surface area contributed by atoms with Crippen molar-refractivity contribution in [2.24, 2.45) is 17.1 Å². The summed E-state index contributed by atoms with van der Waals surface area (Å²) in [6.45, 7) is 3.53. The van der Waals surface area contributed by atoms with Crippen molar-refractivity contribution in [2.45, 2.75) is 31.7 Å². The average molecular weight is 286 g/mol. The van der Waals surface area contributed by atoms with Crippen LogP contribution in [0, 0.1) is 11.3 Å². The van der Waals surface area contributed by atoms with E-state index in [0.717, 1.165) is 0 Å². The van der Waals surface area contributed by atoms with Crippen LogP contribution in [0.2, 0.25) is 0 Å². The molecule has 106 valence electrons. The van der Waals surface area contributed by atoms with Crippen LogP contribution in [0.4, 0.5) is 0 Å². The van der Waals surface area contributed by atoms with Crippen molar-refractivity contribution in [3.8, 4) is 0 Å². The van der Waals surface area contributed by atoms with E-state index < -0.39 is 17.4 Å². The summed E-state index contributed by atoms with van der Waals surface area (Å²) in [5.41, 5.74) is 4.18. The number of hydrogen-bond donors (Lipinski definition) is 2. The Morgan fingerprint density at radius 2 is 2.26 bits per heavy atom. The number of nitrogens with two attached hydrogens (primary N) is 1. The van der Waals surface area contributed by atoms with Crippen LogP contribution < -0.4 is 5.73 Å². The summed E-state index contributed by atoms with van der Waals surface area (Å²) >= 11 is 1.29. The van der Waals surface area contributed by atoms with Crippen LogP contribution in [0.25, 0.3) is 0 Å². The first-order valence-electron chi connectivity index (χ1n) is 6.30. The number of β-lactam (4-membered cyclic amide) rings is 1. The molecule has 7 heteroatoms. The number of hydrogen-bond acceptors (Lipinski definition) is 5. The number of carboxylic acids is 1. The lowest BCUT2D eigenvalue weighted by molar-refractivity contribution is -0.161. The topological polar surface area (TPSA) is 101 Å². The highest BCUT2D eigenvalue weighted by atomic mass is 32.2. The van der Waals surface area contributed by atoms with Gasteiger partial charge in [0.25, 0.3) is 0 Å². The molecule has 3 unspecified atom stereocenters. The molecule has 0 aliphatic carbocycles. The molecule has 4 atom stereocenters. The quantitative estimate of drug-likeness (QED) is 0.553. The second-order valence-corrected chi connectivity index (χ2v) is 6.36. The molecule has 19 heavy (non-hydrogen) atoms. The first-order chi connectivity index (χ1) is 8.85. The Labute approximate surface area is 115 Å². The Kier molecular flexibility index (Phi) is 3.61. The van der Waals surface area contributed by atoms with E-state index in [4.69, 9.17) is 5.73 Å². The van der Waals surface area contributed by atoms with Crippen LogP contribution in [-0.4, -0.2) is 51.4 Å². The van der Waals surface area contributed by atoms with Gasteiger partial charge in [0.15, 0.2) is 11.2 Å². The standard InChI is InChI=1S/C12H18N2O4S/c1-3-6(2)8(15)12(11(17)18)4-14-9(16)7(13)10(14)19-5-12/h6-7,10H,3-5,13H2,1-2H3,(H,17,18)/t6?,7?,10-,12?/m1/s1. The molecule has 3 N–H and O–H groups in total. The Balaban J connectivity index is 2.25. The van der Waals surface area contributed by atoms with Gasteiger partial charge in [0, 0.05) is 18.2 Å². The fraction of sp³-hybridized carbons (Fsp3) is 0.750. The van der Waals surface area contributed by atoms with Crippen LogP contribution in [0.5, 0.6) is 0 Å². The molecule has 0 saturated carbocycles. The third-order valence-electron chi connectivity index (χ3n) is 4.06. The molecule has 0 aromatic rings. The maximum atomic E-state index is 12.4. The Bertz CT molecular complexity index is 441. The minimum atomic E-state index is -1.48. The predicted octanol–water partition coefficient (Wildman–Crippen LogP) is -0.0850. The maximum absolute atomic E-state index is 12.4. The molecule has 1 amide bonds. The van der Waals surface area contributed by atoms with Gasteiger partial charge in [0.05, 0.1) is 0 Å². The Morgan fingerprint density at radius 1 is 1.63 bits per heavy atom. The van der Waals surface area contributed by atoms with E-state index in [9.17, 15) is 19.5 Å². The summed E-state index contributed by atoms with van der Waals surface area (Å²) in [5.74, 6) is -1.83. The number of carboxylic acid groups (broad SMARTS) is 1. The van der Waals surface area contributed by atoms with Crippen molar-refractivity contribution in [3.63, 3.8) is 0 Å². The number of thioether (sulfide) groups is 1. The van der Waals surface area contributed by atoms with Gasteiger partial charge in [-0.2, -0.15) is 0 Å². The molecule has 0 bridgehead atoms. The summed E-state index contributed by atoms with van der Waals surface area (Å²) in [5, 5.41) is 9.30. The fourth-order valence-electron chi connectivity index (χ4n) is 2.52. The van der Waals surface area contributed by atoms with Crippen LogP contribution in [0.3, 0.4) is 0 Å². The van der Waals surface area contributed by atoms with Gasteiger partial charge in [-0.15, -0.1) is 11.8 Å². The van der Waals surface area contributed by atoms with Gasteiger partial charge in [-0.25, -0.2) is 0 Å². The Hall–Kier alpha value is -1.08. The molecule has 0 aromatic heterocycles. The first kappa shape index (κ1) is 14.3. The second-order valence-electron chi connectivity index (χ2n) is 5.25. The number of fused-ring (bicyclic) bond motifs is 1. The average Bonchev–Trinajstić information content (AvgIpc) is 2.43. The fourth-order valence-corrected chi connectivity index (χ4v) is 4.01. The van der Waals surface area contributed by atoms with Crippen molar-refractivity contribution in [1.29, 1.82) is 0 Å². The van der Waals surface area contributed by atoms with E-state index in [0.29, 0.717) is 6.42 Å². The molecule has 6 nitrogen and oxygen atoms in total. The molecule has 0 spiro atoms. The van der Waals surface area contributed by atoms with Gasteiger partial charge in [-0.3, -0.25) is 14.4 Å². The molecule has 2 saturated heterocycles. The molecule has 2 fully saturated rings. The lowest BCUT2D eigenvalue weighted by atomic mass is 9.77. The molecule has 0 radical (unpaired) electrons. The van der Waals surface area contributed by atoms with Crippen molar-refractivity contribution >= 4 is 29.4 Å². The maximum Gasteiger partial charge on any atom is 0.319 e. The van der Waals surface area contributed by atoms with E-state index in [1.165, 1.54) is 16.7 Å². The molecule has 2 aliphatic heterocycles. The summed E-state index contributed by atoms with van der Waals surface area (Å²) in [6, 6.07) is -0.560. The summed E-state index contributed by atoms with van der Waals surface area (Å²) in [7, 11) is 0. The van der Waals surface area contributed by atoms with Crippen molar-refractivity contribution in [3.05, 3.63) is 0 Å². The highest BCUT2D eigenvalue weighted by molar-refractivity contribution is 8.00. The monoisotopic (exact) mass is 286 g/mol. The number of amides is 1. The normalized spacial score (nSPS) is 35.3. The second kappa shape index (κ2) is 4.79. The van der Waals surface area contributed by atoms with E-state index >= 15 is 0 Å². The number of aliphatic carboxylic acids is 1. The molecule has 2 rings (SSSR count). The molecule has 2 aliphatic rings. The smallest absolute Gasteiger partial charge is 0.319 e. The first-order valence-corrected chi connectivity index (χ1v) is 7.35. The van der Waals surface area contributed by atoms with Gasteiger partial charge in [0.1, 0.15) is 11.4 Å². The minimum absolute atomic E-state index is 0.0459. The zero-order valence-corrected chi connectivity index (χ0v) is 11.8. The highest BCUT2D eigenvalue weighted by Gasteiger charge is 2.59. The van der Waals surface area contributed by atoms with Gasteiger partial charge >= 0.3 is 5.97 Å². The van der Waals surface area contributed by atoms with Crippen LogP contribution in [0.1, 0.15) is 20.3 Å². The molecular formula is C12H18N2O4S. The number of nitrogens with zero attached hydrogens (tertiary/aromatic N) is 1. The van der Waals surface area contributed by atoms with Crippen LogP contribution in [0.15, 0.2) is 0 Å². The van der Waals surface area contributed by atoms with Gasteiger partial charge in [0.2, 0.25) is 5.91 Å². The molecule has 0 aromatic carbocycles. The van der Waals surface area contributed by atoms with Gasteiger partial charge in [-0.05, 0) is 6.42 Å². The van der Waals surface area contributed by atoms with Crippen LogP contribution >= 0.6 is 11.8 Å². The number of ketones is 1. The number of rotatable bonds is 4. The lowest BCUT2D eigenvalue weighted by Gasteiger charge is -2.52. The third kappa shape index (κ3) is 1.95. The van der Waals surface area contributed by atoms with E-state index in [1.54, 1.807) is 6.92 Å². The van der Waals surface area contributed by atoms with E-state index in [2.05, 4.69) is 0 Å². The molecule has 2 heterocycles. The minimum Gasteiger partial charge on any atom is -0.480 e. The number of Topliss-reactive ketones (excluding diaryl/α,β-unsaturated/α-hetero) is 1. The van der Waals surface area contributed by atoms with Crippen molar-refractivity contribution in [1.82, 2.24) is 4.90 Å². The van der Waals surface area contributed by atoms with Crippen molar-refractivity contribution < 1.29 is 19.5 Å².